The summed E-state index contributed by atoms with van der Waals surface area (Å²) in [6.45, 7) is 6.61. The molecule has 2 N–H and O–H groups in total. The van der Waals surface area contributed by atoms with Gasteiger partial charge in [-0.05, 0) is 31.6 Å². The molecule has 1 aliphatic rings. The van der Waals surface area contributed by atoms with Crippen LogP contribution in [0.1, 0.15) is 44.5 Å². The van der Waals surface area contributed by atoms with Gasteiger partial charge >= 0.3 is 0 Å². The van der Waals surface area contributed by atoms with Crippen molar-refractivity contribution in [1.29, 1.82) is 0 Å². The molecule has 0 radical (unpaired) electrons. The number of aromatic amines is 1. The molecule has 114 valence electrons. The van der Waals surface area contributed by atoms with Gasteiger partial charge in [0.05, 0.1) is 12.3 Å². The van der Waals surface area contributed by atoms with Crippen LogP contribution in [0, 0.1) is 12.3 Å². The molecule has 2 rings (SSSR count). The molecule has 1 aromatic heterocycles. The molecule has 0 aliphatic carbocycles. The van der Waals surface area contributed by atoms with Gasteiger partial charge < -0.3 is 5.11 Å². The van der Waals surface area contributed by atoms with E-state index in [1.165, 1.54) is 4.31 Å². The molecule has 0 bridgehead atoms. The predicted octanol–water partition coefficient (Wildman–Crippen LogP) is 1.41. The van der Waals surface area contributed by atoms with Gasteiger partial charge in [-0.15, -0.1) is 0 Å². The predicted molar refractivity (Wildman–Crippen MR) is 75.6 cm³/mol. The molecule has 0 aromatic carbocycles. The zero-order valence-corrected chi connectivity index (χ0v) is 13.1. The molecule has 20 heavy (non-hydrogen) atoms. The molecule has 0 unspecified atom stereocenters. The van der Waals surface area contributed by atoms with E-state index in [0.29, 0.717) is 18.8 Å². The molecule has 1 aliphatic heterocycles. The van der Waals surface area contributed by atoms with Crippen LogP contribution in [0.15, 0.2) is 4.90 Å². The molecule has 1 fully saturated rings. The van der Waals surface area contributed by atoms with Crippen molar-refractivity contribution in [3.8, 4) is 0 Å². The molecular formula is C13H23N3O3S. The van der Waals surface area contributed by atoms with Crippen LogP contribution in [0.3, 0.4) is 0 Å². The lowest BCUT2D eigenvalue weighted by Crippen LogP contribution is -2.32. The van der Waals surface area contributed by atoms with Crippen LogP contribution >= 0.6 is 0 Å². The fourth-order valence-corrected chi connectivity index (χ4v) is 4.85. The smallest absolute Gasteiger partial charge is 0.246 e. The maximum absolute atomic E-state index is 12.8. The van der Waals surface area contributed by atoms with Crippen molar-refractivity contribution >= 4 is 10.0 Å². The molecule has 1 saturated heterocycles. The van der Waals surface area contributed by atoms with Gasteiger partial charge in [-0.2, -0.15) is 9.40 Å². The third-order valence-corrected chi connectivity index (χ3v) is 6.66. The summed E-state index contributed by atoms with van der Waals surface area (Å²) < 4.78 is 27.1. The number of hydrogen-bond acceptors (Lipinski definition) is 4. The lowest BCUT2D eigenvalue weighted by atomic mass is 9.82. The van der Waals surface area contributed by atoms with Crippen molar-refractivity contribution in [2.45, 2.75) is 51.5 Å². The van der Waals surface area contributed by atoms with E-state index < -0.39 is 10.0 Å². The Labute approximate surface area is 120 Å². The number of aliphatic hydroxyl groups is 1. The number of nitrogens with one attached hydrogen (secondary N) is 1. The van der Waals surface area contributed by atoms with Crippen molar-refractivity contribution in [2.24, 2.45) is 5.41 Å². The number of nitrogens with zero attached hydrogens (tertiary/aromatic N) is 2. The van der Waals surface area contributed by atoms with Crippen molar-refractivity contribution in [2.75, 3.05) is 13.1 Å². The fraction of sp³-hybridized carbons (Fsp3) is 0.769. The van der Waals surface area contributed by atoms with Gasteiger partial charge in [-0.1, -0.05) is 13.8 Å². The Kier molecular flexibility index (Phi) is 4.22. The zero-order valence-electron chi connectivity index (χ0n) is 12.3. The maximum Gasteiger partial charge on any atom is 0.246 e. The molecule has 0 saturated carbocycles. The van der Waals surface area contributed by atoms with E-state index in [1.807, 2.05) is 0 Å². The Bertz CT molecular complexity index is 576. The Hall–Kier alpha value is -0.920. The normalized spacial score (nSPS) is 19.6. The summed E-state index contributed by atoms with van der Waals surface area (Å²) in [6.07, 6.45) is 2.85. The second kappa shape index (κ2) is 5.46. The standard InChI is InChI=1S/C13H23N3O3S/c1-4-13(5-2)6-7-16(9-13)20(18,19)12-10(3)14-15-11(12)8-17/h17H,4-9H2,1-3H3,(H,14,15). The van der Waals surface area contributed by atoms with Crippen molar-refractivity contribution in [3.05, 3.63) is 11.4 Å². The van der Waals surface area contributed by atoms with Gasteiger partial charge in [0.1, 0.15) is 10.6 Å². The Balaban J connectivity index is 2.35. The Morgan fingerprint density at radius 1 is 1.40 bits per heavy atom. The number of H-pyrrole nitrogens is 1. The van der Waals surface area contributed by atoms with E-state index in [1.54, 1.807) is 6.92 Å². The highest BCUT2D eigenvalue weighted by Crippen LogP contribution is 2.39. The summed E-state index contributed by atoms with van der Waals surface area (Å²) in [5.41, 5.74) is 0.775. The monoisotopic (exact) mass is 301 g/mol. The summed E-state index contributed by atoms with van der Waals surface area (Å²) in [6, 6.07) is 0. The zero-order chi connectivity index (χ0) is 15.0. The Morgan fingerprint density at radius 2 is 2.05 bits per heavy atom. The summed E-state index contributed by atoms with van der Waals surface area (Å²) in [4.78, 5) is 0.142. The van der Waals surface area contributed by atoms with Crippen LogP contribution in [-0.4, -0.2) is 41.1 Å². The van der Waals surface area contributed by atoms with Crippen molar-refractivity contribution in [3.63, 3.8) is 0 Å². The third kappa shape index (κ3) is 2.38. The van der Waals surface area contributed by atoms with Crippen molar-refractivity contribution < 1.29 is 13.5 Å². The van der Waals surface area contributed by atoms with Gasteiger partial charge in [0.2, 0.25) is 10.0 Å². The molecule has 0 amide bonds. The van der Waals surface area contributed by atoms with Crippen LogP contribution < -0.4 is 0 Å². The van der Waals surface area contributed by atoms with Gasteiger partial charge in [0.15, 0.2) is 0 Å². The molecule has 1 aromatic rings. The third-order valence-electron chi connectivity index (χ3n) is 4.61. The van der Waals surface area contributed by atoms with Crippen LogP contribution in [0.2, 0.25) is 0 Å². The number of aliphatic hydroxyl groups excluding tert-OH is 1. The minimum Gasteiger partial charge on any atom is -0.390 e. The Morgan fingerprint density at radius 3 is 2.55 bits per heavy atom. The number of sulfonamides is 1. The highest BCUT2D eigenvalue weighted by atomic mass is 32.2. The van der Waals surface area contributed by atoms with E-state index in [2.05, 4.69) is 24.0 Å². The first-order valence-corrected chi connectivity index (χ1v) is 8.49. The SMILES string of the molecule is CCC1(CC)CCN(S(=O)(=O)c2c(CO)n[nH]c2C)C1. The highest BCUT2D eigenvalue weighted by molar-refractivity contribution is 7.89. The number of hydrogen-bond donors (Lipinski definition) is 2. The number of aryl methyl sites for hydroxylation is 1. The lowest BCUT2D eigenvalue weighted by molar-refractivity contribution is 0.271. The maximum atomic E-state index is 12.8. The molecule has 2 heterocycles. The second-order valence-electron chi connectivity index (χ2n) is 5.58. The van der Waals surface area contributed by atoms with Crippen molar-refractivity contribution in [1.82, 2.24) is 14.5 Å². The summed E-state index contributed by atoms with van der Waals surface area (Å²) in [5.74, 6) is 0. The lowest BCUT2D eigenvalue weighted by Gasteiger charge is -2.26. The molecule has 6 nitrogen and oxygen atoms in total. The van der Waals surface area contributed by atoms with Crippen LogP contribution in [-0.2, 0) is 16.6 Å². The largest absolute Gasteiger partial charge is 0.390 e. The molecule has 0 atom stereocenters. The summed E-state index contributed by atoms with van der Waals surface area (Å²) in [5, 5.41) is 15.8. The minimum atomic E-state index is -3.58. The average molecular weight is 301 g/mol. The minimum absolute atomic E-state index is 0.0874. The van der Waals surface area contributed by atoms with E-state index >= 15 is 0 Å². The van der Waals surface area contributed by atoms with E-state index in [0.717, 1.165) is 19.3 Å². The van der Waals surface area contributed by atoms with E-state index in [4.69, 9.17) is 0 Å². The topological polar surface area (TPSA) is 86.3 Å². The van der Waals surface area contributed by atoms with Gasteiger partial charge in [0.25, 0.3) is 0 Å². The highest BCUT2D eigenvalue weighted by Gasteiger charge is 2.42. The number of aromatic nitrogens is 2. The molecular weight excluding hydrogens is 278 g/mol. The van der Waals surface area contributed by atoms with Gasteiger partial charge in [0, 0.05) is 13.1 Å². The van der Waals surface area contributed by atoms with Crippen LogP contribution in [0.25, 0.3) is 0 Å². The quantitative estimate of drug-likeness (QED) is 0.861. The van der Waals surface area contributed by atoms with Crippen LogP contribution in [0.5, 0.6) is 0 Å². The van der Waals surface area contributed by atoms with Gasteiger partial charge in [-0.25, -0.2) is 8.42 Å². The average Bonchev–Trinajstić information content (AvgIpc) is 3.03. The molecule has 7 heteroatoms. The first-order valence-electron chi connectivity index (χ1n) is 7.05. The first kappa shape index (κ1) is 15.5. The fourth-order valence-electron chi connectivity index (χ4n) is 2.97. The second-order valence-corrected chi connectivity index (χ2v) is 7.45. The van der Waals surface area contributed by atoms with Gasteiger partial charge in [-0.3, -0.25) is 5.10 Å². The van der Waals surface area contributed by atoms with E-state index in [-0.39, 0.29) is 22.6 Å². The number of rotatable bonds is 5. The summed E-state index contributed by atoms with van der Waals surface area (Å²) in [7, 11) is -3.58. The first-order chi connectivity index (χ1) is 9.40. The van der Waals surface area contributed by atoms with Crippen LogP contribution in [0.4, 0.5) is 0 Å². The van der Waals surface area contributed by atoms with E-state index in [9.17, 15) is 13.5 Å². The molecule has 0 spiro atoms. The summed E-state index contributed by atoms with van der Waals surface area (Å²) >= 11 is 0.